The van der Waals surface area contributed by atoms with Crippen molar-refractivity contribution in [2.24, 2.45) is 5.92 Å². The van der Waals surface area contributed by atoms with Gasteiger partial charge in [-0.15, -0.1) is 0 Å². The van der Waals surface area contributed by atoms with E-state index in [1.807, 2.05) is 0 Å². The molecular formula is C14H18N2O3. The van der Waals surface area contributed by atoms with Crippen molar-refractivity contribution in [1.29, 1.82) is 0 Å². The zero-order valence-electron chi connectivity index (χ0n) is 11.1. The molecule has 2 rings (SSSR count). The fraction of sp³-hybridized carbons (Fsp3) is 0.429. The molecule has 0 aliphatic heterocycles. The molecule has 1 saturated carbocycles. The third kappa shape index (κ3) is 3.24. The molecule has 1 aromatic rings. The standard InChI is InChI=1S/C14H18N2O3/c1-9-11(13(17)18)4-3-5-12(9)15-14(19)16(2)8-10-6-7-10/h3-5,10H,6-8H2,1-2H3,(H,15,19)(H,17,18). The minimum absolute atomic E-state index is 0.197. The van der Waals surface area contributed by atoms with E-state index in [-0.39, 0.29) is 11.6 Å². The van der Waals surface area contributed by atoms with E-state index in [0.29, 0.717) is 17.2 Å². The number of carboxylic acids is 1. The Morgan fingerprint density at radius 3 is 2.68 bits per heavy atom. The summed E-state index contributed by atoms with van der Waals surface area (Å²) in [4.78, 5) is 24.6. The van der Waals surface area contributed by atoms with E-state index in [0.717, 1.165) is 6.54 Å². The summed E-state index contributed by atoms with van der Waals surface area (Å²) in [7, 11) is 1.75. The molecule has 1 aliphatic rings. The Kier molecular flexibility index (Phi) is 3.74. The van der Waals surface area contributed by atoms with Crippen LogP contribution in [0.5, 0.6) is 0 Å². The number of amides is 2. The van der Waals surface area contributed by atoms with Crippen LogP contribution in [0.25, 0.3) is 0 Å². The molecule has 0 unspecified atom stereocenters. The fourth-order valence-corrected chi connectivity index (χ4v) is 1.98. The van der Waals surface area contributed by atoms with Crippen LogP contribution in [-0.4, -0.2) is 35.6 Å². The average molecular weight is 262 g/mol. The zero-order chi connectivity index (χ0) is 14.0. The highest BCUT2D eigenvalue weighted by Gasteiger charge is 2.25. The van der Waals surface area contributed by atoms with Gasteiger partial charge in [0.1, 0.15) is 0 Å². The minimum atomic E-state index is -0.986. The molecule has 0 saturated heterocycles. The first-order chi connectivity index (χ1) is 8.99. The lowest BCUT2D eigenvalue weighted by molar-refractivity contribution is 0.0696. The number of anilines is 1. The molecule has 1 fully saturated rings. The first-order valence-corrected chi connectivity index (χ1v) is 6.34. The molecule has 0 bridgehead atoms. The summed E-state index contributed by atoms with van der Waals surface area (Å²) in [6, 6.07) is 4.68. The molecule has 5 nitrogen and oxygen atoms in total. The van der Waals surface area contributed by atoms with Crippen LogP contribution in [0.4, 0.5) is 10.5 Å². The van der Waals surface area contributed by atoms with Crippen LogP contribution in [0.2, 0.25) is 0 Å². The molecule has 2 amide bonds. The van der Waals surface area contributed by atoms with Crippen molar-refractivity contribution in [2.75, 3.05) is 18.9 Å². The number of aromatic carboxylic acids is 1. The minimum Gasteiger partial charge on any atom is -0.478 e. The molecule has 1 aliphatic carbocycles. The van der Waals surface area contributed by atoms with E-state index in [2.05, 4.69) is 5.32 Å². The average Bonchev–Trinajstić information content (AvgIpc) is 3.15. The van der Waals surface area contributed by atoms with Gasteiger partial charge in [0, 0.05) is 19.3 Å². The zero-order valence-corrected chi connectivity index (χ0v) is 11.1. The summed E-state index contributed by atoms with van der Waals surface area (Å²) in [6.45, 7) is 2.45. The number of hydrogen-bond donors (Lipinski definition) is 2. The van der Waals surface area contributed by atoms with Gasteiger partial charge in [0.05, 0.1) is 5.56 Å². The summed E-state index contributed by atoms with van der Waals surface area (Å²) in [5.74, 6) is -0.359. The Balaban J connectivity index is 2.07. The van der Waals surface area contributed by atoms with Gasteiger partial charge in [-0.1, -0.05) is 6.07 Å². The molecule has 0 atom stereocenters. The number of carbonyl (C=O) groups is 2. The first kappa shape index (κ1) is 13.4. The van der Waals surface area contributed by atoms with E-state index in [9.17, 15) is 9.59 Å². The quantitative estimate of drug-likeness (QED) is 0.876. The normalized spacial score (nSPS) is 14.0. The van der Waals surface area contributed by atoms with Gasteiger partial charge in [0.2, 0.25) is 0 Å². The molecule has 0 spiro atoms. The van der Waals surface area contributed by atoms with Gasteiger partial charge in [-0.05, 0) is 43.4 Å². The molecule has 0 radical (unpaired) electrons. The van der Waals surface area contributed by atoms with Gasteiger partial charge < -0.3 is 15.3 Å². The number of carbonyl (C=O) groups excluding carboxylic acids is 1. The molecule has 5 heteroatoms. The Labute approximate surface area is 112 Å². The third-order valence-corrected chi connectivity index (χ3v) is 3.38. The predicted octanol–water partition coefficient (Wildman–Crippen LogP) is 2.57. The number of carboxylic acid groups (broad SMARTS) is 1. The highest BCUT2D eigenvalue weighted by molar-refractivity contribution is 5.95. The first-order valence-electron chi connectivity index (χ1n) is 6.34. The summed E-state index contributed by atoms with van der Waals surface area (Å²) in [6.07, 6.45) is 2.37. The molecule has 2 N–H and O–H groups in total. The number of benzene rings is 1. The SMILES string of the molecule is Cc1c(NC(=O)N(C)CC2CC2)cccc1C(=O)O. The van der Waals surface area contributed by atoms with Crippen molar-refractivity contribution in [3.8, 4) is 0 Å². The highest BCUT2D eigenvalue weighted by atomic mass is 16.4. The molecular weight excluding hydrogens is 244 g/mol. The smallest absolute Gasteiger partial charge is 0.336 e. The second kappa shape index (κ2) is 5.30. The van der Waals surface area contributed by atoms with Crippen molar-refractivity contribution in [3.05, 3.63) is 29.3 Å². The number of nitrogens with zero attached hydrogens (tertiary/aromatic N) is 1. The maximum absolute atomic E-state index is 12.0. The Hall–Kier alpha value is -2.04. The maximum Gasteiger partial charge on any atom is 0.336 e. The molecule has 0 aromatic heterocycles. The topological polar surface area (TPSA) is 69.6 Å². The number of rotatable bonds is 4. The molecule has 102 valence electrons. The number of nitrogens with one attached hydrogen (secondary N) is 1. The molecule has 0 heterocycles. The lowest BCUT2D eigenvalue weighted by Crippen LogP contribution is -2.33. The number of urea groups is 1. The van der Waals surface area contributed by atoms with E-state index in [1.165, 1.54) is 18.9 Å². The summed E-state index contributed by atoms with van der Waals surface area (Å²) in [5, 5.41) is 11.8. The third-order valence-electron chi connectivity index (χ3n) is 3.38. The van der Waals surface area contributed by atoms with E-state index < -0.39 is 5.97 Å². The van der Waals surface area contributed by atoms with Crippen molar-refractivity contribution >= 4 is 17.7 Å². The van der Waals surface area contributed by atoms with Crippen molar-refractivity contribution < 1.29 is 14.7 Å². The van der Waals surface area contributed by atoms with Gasteiger partial charge in [-0.25, -0.2) is 9.59 Å². The summed E-state index contributed by atoms with van der Waals surface area (Å²) >= 11 is 0. The van der Waals surface area contributed by atoms with Gasteiger partial charge >= 0.3 is 12.0 Å². The van der Waals surface area contributed by atoms with Crippen molar-refractivity contribution in [2.45, 2.75) is 19.8 Å². The Morgan fingerprint density at radius 1 is 1.42 bits per heavy atom. The van der Waals surface area contributed by atoms with Crippen LogP contribution in [0.3, 0.4) is 0 Å². The monoisotopic (exact) mass is 262 g/mol. The van der Waals surface area contributed by atoms with E-state index >= 15 is 0 Å². The Morgan fingerprint density at radius 2 is 2.11 bits per heavy atom. The van der Waals surface area contributed by atoms with Gasteiger partial charge in [0.15, 0.2) is 0 Å². The lowest BCUT2D eigenvalue weighted by atomic mass is 10.1. The van der Waals surface area contributed by atoms with E-state index in [1.54, 1.807) is 31.0 Å². The van der Waals surface area contributed by atoms with Crippen LogP contribution in [0.15, 0.2) is 18.2 Å². The maximum atomic E-state index is 12.0. The lowest BCUT2D eigenvalue weighted by Gasteiger charge is -2.19. The fourth-order valence-electron chi connectivity index (χ4n) is 1.98. The second-order valence-electron chi connectivity index (χ2n) is 5.04. The van der Waals surface area contributed by atoms with Crippen LogP contribution >= 0.6 is 0 Å². The van der Waals surface area contributed by atoms with Crippen molar-refractivity contribution in [1.82, 2.24) is 4.90 Å². The largest absolute Gasteiger partial charge is 0.478 e. The number of hydrogen-bond acceptors (Lipinski definition) is 2. The van der Waals surface area contributed by atoms with Crippen LogP contribution in [0.1, 0.15) is 28.8 Å². The Bertz CT molecular complexity index is 509. The predicted molar refractivity (Wildman–Crippen MR) is 72.5 cm³/mol. The van der Waals surface area contributed by atoms with E-state index in [4.69, 9.17) is 5.11 Å². The van der Waals surface area contributed by atoms with Crippen molar-refractivity contribution in [3.63, 3.8) is 0 Å². The van der Waals surface area contributed by atoms with Gasteiger partial charge in [-0.3, -0.25) is 0 Å². The van der Waals surface area contributed by atoms with Crippen LogP contribution in [0, 0.1) is 12.8 Å². The summed E-state index contributed by atoms with van der Waals surface area (Å²) < 4.78 is 0. The summed E-state index contributed by atoms with van der Waals surface area (Å²) in [5.41, 5.74) is 1.33. The van der Waals surface area contributed by atoms with Gasteiger partial charge in [0.25, 0.3) is 0 Å². The van der Waals surface area contributed by atoms with Gasteiger partial charge in [-0.2, -0.15) is 0 Å². The molecule has 19 heavy (non-hydrogen) atoms. The van der Waals surface area contributed by atoms with Crippen LogP contribution < -0.4 is 5.32 Å². The highest BCUT2D eigenvalue weighted by Crippen LogP contribution is 2.29. The second-order valence-corrected chi connectivity index (χ2v) is 5.04. The van der Waals surface area contributed by atoms with Crippen LogP contribution in [-0.2, 0) is 0 Å². The molecule has 1 aromatic carbocycles.